The number of hydrogen-bond acceptors (Lipinski definition) is 21. The molecular weight excluding hydrogens is 1430 g/mol. The van der Waals surface area contributed by atoms with Gasteiger partial charge in [0, 0.05) is 6.08 Å². The van der Waals surface area contributed by atoms with Crippen LogP contribution in [-0.2, 0) is 53.6 Å². The van der Waals surface area contributed by atoms with Crippen molar-refractivity contribution >= 4 is 35.9 Å². The summed E-state index contributed by atoms with van der Waals surface area (Å²) in [4.78, 5) is 77.2. The number of rotatable bonds is 33. The topological polar surface area (TPSA) is 308 Å². The maximum atomic E-state index is 13.8. The van der Waals surface area contributed by atoms with E-state index in [-0.39, 0.29) is 88.6 Å². The van der Waals surface area contributed by atoms with Crippen molar-refractivity contribution in [1.29, 1.82) is 0 Å². The van der Waals surface area contributed by atoms with Gasteiger partial charge < -0.3 is 78.2 Å². The van der Waals surface area contributed by atoms with Crippen molar-refractivity contribution in [1.82, 2.24) is 5.32 Å². The van der Waals surface area contributed by atoms with Crippen LogP contribution >= 0.6 is 0 Å². The van der Waals surface area contributed by atoms with Gasteiger partial charge in [0.05, 0.1) is 29.2 Å². The zero-order valence-corrected chi connectivity index (χ0v) is 61.0. The third kappa shape index (κ3) is 17.3. The molecule has 0 heterocycles. The lowest BCUT2D eigenvalue weighted by Crippen LogP contribution is -2.37. The van der Waals surface area contributed by atoms with Gasteiger partial charge in [0.15, 0.2) is 6.10 Å². The number of fused-ring (bicyclic) bond motifs is 6. The maximum absolute atomic E-state index is 13.8. The summed E-state index contributed by atoms with van der Waals surface area (Å²) in [5, 5.41) is 55.1. The van der Waals surface area contributed by atoms with Gasteiger partial charge in [0.2, 0.25) is 0 Å². The number of nitrogens with one attached hydrogen (secondary N) is 1. The summed E-state index contributed by atoms with van der Waals surface area (Å²) in [6.45, 7) is 0.924. The fourth-order valence-corrected chi connectivity index (χ4v) is 14.8. The minimum Gasteiger partial charge on any atom is -0.507 e. The van der Waals surface area contributed by atoms with E-state index in [2.05, 4.69) is 60.4 Å². The highest BCUT2D eigenvalue weighted by Gasteiger charge is 2.48. The van der Waals surface area contributed by atoms with Gasteiger partial charge in [-0.05, 0) is 165 Å². The minimum absolute atomic E-state index is 0.0117. The van der Waals surface area contributed by atoms with Crippen LogP contribution in [0, 0.1) is 11.8 Å². The third-order valence-electron chi connectivity index (χ3n) is 20.2. The van der Waals surface area contributed by atoms with Gasteiger partial charge >= 0.3 is 35.9 Å². The number of aromatic hydroxyl groups is 2. The molecule has 112 heavy (non-hydrogen) atoms. The Balaban J connectivity index is 0.600. The van der Waals surface area contributed by atoms with E-state index in [9.17, 15) is 54.3 Å². The molecule has 4 unspecified atom stereocenters. The molecule has 1 fully saturated rings. The first kappa shape index (κ1) is 77.4. The maximum Gasteiger partial charge on any atom is 0.407 e. The zero-order chi connectivity index (χ0) is 78.1. The van der Waals surface area contributed by atoms with Crippen molar-refractivity contribution in [2.75, 3.05) is 66.0 Å². The smallest absolute Gasteiger partial charge is 0.407 e. The van der Waals surface area contributed by atoms with Gasteiger partial charge in [-0.2, -0.15) is 0 Å². The van der Waals surface area contributed by atoms with Crippen LogP contribution in [0.4, 0.5) is 4.79 Å². The predicted molar refractivity (Wildman–Crippen MR) is 411 cm³/mol. The number of alkyl carbamates (subject to hydrolysis) is 1. The molecule has 0 aromatic heterocycles. The quantitative estimate of drug-likeness (QED) is 0.00963. The number of aliphatic hydroxyl groups is 3. The van der Waals surface area contributed by atoms with E-state index < -0.39 is 83.0 Å². The molecule has 1 amide bonds. The summed E-state index contributed by atoms with van der Waals surface area (Å²) >= 11 is 0. The summed E-state index contributed by atoms with van der Waals surface area (Å²) in [7, 11) is 0. The van der Waals surface area contributed by atoms with Crippen molar-refractivity contribution in [3.05, 3.63) is 311 Å². The number of esters is 5. The second-order valence-electron chi connectivity index (χ2n) is 27.4. The highest BCUT2D eigenvalue weighted by molar-refractivity contribution is 5.93. The van der Waals surface area contributed by atoms with E-state index >= 15 is 0 Å². The van der Waals surface area contributed by atoms with E-state index in [0.29, 0.717) is 48.7 Å². The van der Waals surface area contributed by atoms with E-state index in [1.54, 1.807) is 36.4 Å². The Bertz CT molecular complexity index is 4890. The van der Waals surface area contributed by atoms with Crippen LogP contribution in [0.5, 0.6) is 34.5 Å². The number of para-hydroxylation sites is 2. The lowest BCUT2D eigenvalue weighted by Gasteiger charge is -2.34. The van der Waals surface area contributed by atoms with Crippen LogP contribution in [0.15, 0.2) is 255 Å². The van der Waals surface area contributed by atoms with Crippen molar-refractivity contribution in [3.63, 3.8) is 0 Å². The van der Waals surface area contributed by atoms with Crippen LogP contribution in [-0.4, -0.2) is 152 Å². The summed E-state index contributed by atoms with van der Waals surface area (Å²) in [6, 6.07) is 75.1. The Morgan fingerprint density at radius 2 is 0.696 bits per heavy atom. The van der Waals surface area contributed by atoms with Crippen molar-refractivity contribution in [3.8, 4) is 56.8 Å². The van der Waals surface area contributed by atoms with Crippen molar-refractivity contribution in [2.24, 2.45) is 11.8 Å². The molecule has 0 aliphatic heterocycles. The van der Waals surface area contributed by atoms with Gasteiger partial charge in [0.25, 0.3) is 0 Å². The Hall–Kier alpha value is -12.8. The Kier molecular flexibility index (Phi) is 24.7. The first-order chi connectivity index (χ1) is 54.5. The molecule has 0 radical (unpaired) electrons. The fourth-order valence-electron chi connectivity index (χ4n) is 14.8. The normalized spacial score (nSPS) is 15.6. The second-order valence-corrected chi connectivity index (χ2v) is 27.4. The number of aliphatic hydroxyl groups excluding tert-OH is 3. The molecule has 10 aromatic carbocycles. The van der Waals surface area contributed by atoms with Gasteiger partial charge in [-0.1, -0.05) is 176 Å². The molecule has 6 N–H and O–H groups in total. The molecule has 13 rings (SSSR count). The second kappa shape index (κ2) is 35.7. The first-order valence-electron chi connectivity index (χ1n) is 36.8. The molecule has 22 heteroatoms. The number of carbonyl (C=O) groups is 6. The molecule has 22 nitrogen and oxygen atoms in total. The number of carbonyl (C=O) groups excluding carboxylic acids is 6. The lowest BCUT2D eigenvalue weighted by molar-refractivity contribution is -0.158. The molecule has 4 atom stereocenters. The van der Waals surface area contributed by atoms with E-state index in [4.69, 9.17) is 47.4 Å². The number of amides is 1. The van der Waals surface area contributed by atoms with Crippen molar-refractivity contribution < 1.29 is 102 Å². The molecular formula is C90H83NO21. The largest absolute Gasteiger partial charge is 0.507 e. The van der Waals surface area contributed by atoms with E-state index in [1.165, 1.54) is 24.3 Å². The standard InChI is InChI=1S/C90H83NO21/c1-2-83(97)103-48-47-91-88(102)112-70(55-107-69-45-37-62(38-46-69)90(79-23-11-5-17-73(79)74-18-6-12-24-80(74)90)61-35-43-68(44-36-61)106-51-65(94)54-110-87(101)76-20-8-14-26-82(76)96)56-111-85(99)58-29-27-57(28-30-58)84(98)108-52-63(92)49-104-66-39-31-59(32-40-66)89(77-21-9-3-15-71(77)72-16-4-10-22-78(72)89)60-33-41-67(42-34-60)105-50-64(93)53-109-86(100)75-19-7-13-25-81(75)95/h2-26,31-46,57-58,63-65,70,92-96H,1,27-30,47-56H2,(H,91,102). The third-order valence-corrected chi connectivity index (χ3v) is 20.2. The molecule has 3 aliphatic rings. The SMILES string of the molecule is C=CC(=O)OCCNC(=O)OC(COC(=O)C1CCC(C(=O)OCC(O)COc2ccc(C3(c4ccc(OCC(O)COC(=O)c5ccccc5O)cc4)c4ccccc4-c4ccccc43)cc2)CC1)COc1ccc(C2(c3ccc(OCC(O)COC(=O)c4ccccc4O)cc3)c3ccccc3-c3ccccc32)cc1. The minimum atomic E-state index is -1.17. The molecule has 0 bridgehead atoms. The monoisotopic (exact) mass is 1510 g/mol. The van der Waals surface area contributed by atoms with E-state index in [1.807, 2.05) is 133 Å². The highest BCUT2D eigenvalue weighted by Crippen LogP contribution is 2.58. The molecule has 10 aromatic rings. The van der Waals surface area contributed by atoms with Crippen molar-refractivity contribution in [2.45, 2.75) is 60.9 Å². The number of benzene rings is 10. The lowest BCUT2D eigenvalue weighted by atomic mass is 9.68. The van der Waals surface area contributed by atoms with Gasteiger partial charge in [-0.25, -0.2) is 19.2 Å². The zero-order valence-electron chi connectivity index (χ0n) is 61.0. The van der Waals surface area contributed by atoms with E-state index in [0.717, 1.165) is 72.8 Å². The summed E-state index contributed by atoms with van der Waals surface area (Å²) in [5.74, 6) is -3.07. The fraction of sp³-hybridized carbons (Fsp3) is 0.244. The summed E-state index contributed by atoms with van der Waals surface area (Å²) in [6.07, 6.45) is -3.28. The van der Waals surface area contributed by atoms with Gasteiger partial charge in [-0.3, -0.25) is 9.59 Å². The first-order valence-corrected chi connectivity index (χ1v) is 36.8. The number of phenols is 2. The molecule has 0 saturated heterocycles. The van der Waals surface area contributed by atoms with Crippen LogP contribution in [0.3, 0.4) is 0 Å². The summed E-state index contributed by atoms with van der Waals surface area (Å²) in [5.41, 5.74) is 10.4. The molecule has 574 valence electrons. The van der Waals surface area contributed by atoms with Crippen LogP contribution in [0.25, 0.3) is 22.3 Å². The highest BCUT2D eigenvalue weighted by atomic mass is 16.6. The molecule has 0 spiro atoms. The average molecular weight is 1510 g/mol. The van der Waals surface area contributed by atoms with Crippen LogP contribution in [0.1, 0.15) is 90.9 Å². The van der Waals surface area contributed by atoms with Gasteiger partial charge in [0.1, 0.15) is 123 Å². The number of hydrogen-bond donors (Lipinski definition) is 6. The number of phenolic OH excluding ortho intramolecular Hbond substituents is 2. The number of ether oxygens (including phenoxy) is 10. The van der Waals surface area contributed by atoms with Gasteiger partial charge in [-0.15, -0.1) is 0 Å². The Morgan fingerprint density at radius 1 is 0.384 bits per heavy atom. The Morgan fingerprint density at radius 3 is 1.04 bits per heavy atom. The summed E-state index contributed by atoms with van der Waals surface area (Å²) < 4.78 is 56.9. The van der Waals surface area contributed by atoms with Crippen LogP contribution in [0.2, 0.25) is 0 Å². The molecule has 3 aliphatic carbocycles. The van der Waals surface area contributed by atoms with Crippen LogP contribution < -0.4 is 24.3 Å². The Labute approximate surface area is 646 Å². The molecule has 1 saturated carbocycles. The predicted octanol–water partition coefficient (Wildman–Crippen LogP) is 12.6. The average Bonchev–Trinajstić information content (AvgIpc) is 1.54.